The second-order valence-electron chi connectivity index (χ2n) is 7.49. The molecule has 2 heterocycles. The van der Waals surface area contributed by atoms with E-state index in [0.29, 0.717) is 10.4 Å². The zero-order valence-electron chi connectivity index (χ0n) is 17.6. The molecule has 0 aliphatic carbocycles. The Morgan fingerprint density at radius 1 is 1.09 bits per heavy atom. The lowest BCUT2D eigenvalue weighted by Gasteiger charge is -2.14. The number of benzene rings is 2. The van der Waals surface area contributed by atoms with Gasteiger partial charge in [0.1, 0.15) is 10.3 Å². The Kier molecular flexibility index (Phi) is 6.56. The molecule has 0 spiro atoms. The van der Waals surface area contributed by atoms with E-state index in [-0.39, 0.29) is 10.6 Å². The van der Waals surface area contributed by atoms with Gasteiger partial charge in [-0.3, -0.25) is 9.78 Å². The smallest absolute Gasteiger partial charge is 0.322 e. The van der Waals surface area contributed by atoms with Crippen molar-refractivity contribution in [2.75, 3.05) is 0 Å². The Morgan fingerprint density at radius 2 is 1.85 bits per heavy atom. The number of rotatable bonds is 6. The molecule has 4 rings (SSSR count). The predicted molar refractivity (Wildman–Crippen MR) is 129 cm³/mol. The topological polar surface area (TPSA) is 96.4 Å². The van der Waals surface area contributed by atoms with Crippen molar-refractivity contribution < 1.29 is 18.3 Å². The average Bonchev–Trinajstić information content (AvgIpc) is 3.28. The SMILES string of the molecule is Cc1ccc(C#Cc2ccc(S(=O)(=O)N[C@H](Cc3cnc4ccccc4c3)C(=O)O)s2)cc1. The Balaban J connectivity index is 1.51. The predicted octanol–water partition coefficient (Wildman–Crippen LogP) is 3.98. The number of aromatic nitrogens is 1. The Hall–Kier alpha value is -3.51. The van der Waals surface area contributed by atoms with Crippen molar-refractivity contribution in [3.8, 4) is 11.8 Å². The minimum atomic E-state index is -4.04. The maximum absolute atomic E-state index is 12.8. The van der Waals surface area contributed by atoms with Crippen LogP contribution in [0.3, 0.4) is 0 Å². The van der Waals surface area contributed by atoms with E-state index in [0.717, 1.165) is 33.4 Å². The summed E-state index contributed by atoms with van der Waals surface area (Å²) >= 11 is 0.995. The Morgan fingerprint density at radius 3 is 2.61 bits per heavy atom. The number of nitrogens with zero attached hydrogens (tertiary/aromatic N) is 1. The lowest BCUT2D eigenvalue weighted by molar-refractivity contribution is -0.138. The van der Waals surface area contributed by atoms with Crippen molar-refractivity contribution in [1.29, 1.82) is 0 Å². The number of carbonyl (C=O) groups is 1. The van der Waals surface area contributed by atoms with Crippen molar-refractivity contribution in [2.24, 2.45) is 0 Å². The number of pyridine rings is 1. The van der Waals surface area contributed by atoms with Gasteiger partial charge in [0.15, 0.2) is 0 Å². The summed E-state index contributed by atoms with van der Waals surface area (Å²) in [4.78, 5) is 16.7. The first-order valence-electron chi connectivity index (χ1n) is 10.1. The highest BCUT2D eigenvalue weighted by Gasteiger charge is 2.27. The zero-order valence-corrected chi connectivity index (χ0v) is 19.3. The first kappa shape index (κ1) is 22.7. The van der Waals surface area contributed by atoms with E-state index >= 15 is 0 Å². The van der Waals surface area contributed by atoms with Crippen LogP contribution in [-0.2, 0) is 21.2 Å². The molecule has 0 radical (unpaired) electrons. The summed E-state index contributed by atoms with van der Waals surface area (Å²) in [6.07, 6.45) is 1.54. The summed E-state index contributed by atoms with van der Waals surface area (Å²) < 4.78 is 28.0. The van der Waals surface area contributed by atoms with E-state index in [2.05, 4.69) is 21.5 Å². The summed E-state index contributed by atoms with van der Waals surface area (Å²) in [5.74, 6) is 4.70. The third kappa shape index (κ3) is 5.65. The fourth-order valence-corrected chi connectivity index (χ4v) is 5.56. The van der Waals surface area contributed by atoms with E-state index in [1.54, 1.807) is 12.3 Å². The molecule has 0 saturated carbocycles. The van der Waals surface area contributed by atoms with Crippen LogP contribution in [0.15, 0.2) is 77.1 Å². The molecular formula is C25H20N2O4S2. The maximum Gasteiger partial charge on any atom is 0.322 e. The minimum Gasteiger partial charge on any atom is -0.480 e. The molecule has 0 unspecified atom stereocenters. The quantitative estimate of drug-likeness (QED) is 0.411. The molecule has 1 atom stereocenters. The van der Waals surface area contributed by atoms with Gasteiger partial charge in [-0.25, -0.2) is 8.42 Å². The molecule has 6 nitrogen and oxygen atoms in total. The molecule has 2 aromatic heterocycles. The first-order chi connectivity index (χ1) is 15.8. The molecule has 0 bridgehead atoms. The van der Waals surface area contributed by atoms with Crippen molar-refractivity contribution in [3.63, 3.8) is 0 Å². The van der Waals surface area contributed by atoms with E-state index in [9.17, 15) is 18.3 Å². The summed E-state index contributed by atoms with van der Waals surface area (Å²) in [6.45, 7) is 1.99. The van der Waals surface area contributed by atoms with Crippen LogP contribution in [0.1, 0.15) is 21.6 Å². The number of fused-ring (bicyclic) bond motifs is 1. The highest BCUT2D eigenvalue weighted by Crippen LogP contribution is 2.22. The van der Waals surface area contributed by atoms with Crippen molar-refractivity contribution in [2.45, 2.75) is 23.6 Å². The van der Waals surface area contributed by atoms with Crippen LogP contribution in [0.25, 0.3) is 10.9 Å². The molecule has 0 aliphatic rings. The summed E-state index contributed by atoms with van der Waals surface area (Å²) in [7, 11) is -4.04. The lowest BCUT2D eigenvalue weighted by Crippen LogP contribution is -2.42. The fourth-order valence-electron chi connectivity index (χ4n) is 3.19. The number of carboxylic acids is 1. The van der Waals surface area contributed by atoms with Crippen LogP contribution in [0.4, 0.5) is 0 Å². The van der Waals surface area contributed by atoms with Crippen LogP contribution < -0.4 is 4.72 Å². The highest BCUT2D eigenvalue weighted by atomic mass is 32.2. The molecule has 4 aromatic rings. The monoisotopic (exact) mass is 476 g/mol. The second-order valence-corrected chi connectivity index (χ2v) is 10.5. The van der Waals surface area contributed by atoms with Crippen LogP contribution in [0.2, 0.25) is 0 Å². The second kappa shape index (κ2) is 9.55. The van der Waals surface area contributed by atoms with Gasteiger partial charge in [-0.05, 0) is 48.9 Å². The van der Waals surface area contributed by atoms with Crippen LogP contribution >= 0.6 is 11.3 Å². The minimum absolute atomic E-state index is 0.0126. The number of hydrogen-bond donors (Lipinski definition) is 2. The van der Waals surface area contributed by atoms with Crippen LogP contribution in [0, 0.1) is 18.8 Å². The number of carboxylic acid groups (broad SMARTS) is 1. The van der Waals surface area contributed by atoms with E-state index in [1.807, 2.05) is 61.5 Å². The molecule has 0 amide bonds. The number of para-hydroxylation sites is 1. The molecule has 33 heavy (non-hydrogen) atoms. The molecule has 2 N–H and O–H groups in total. The third-order valence-electron chi connectivity index (χ3n) is 4.91. The van der Waals surface area contributed by atoms with Crippen LogP contribution in [-0.4, -0.2) is 30.5 Å². The number of nitrogens with one attached hydrogen (secondary N) is 1. The van der Waals surface area contributed by atoms with Gasteiger partial charge >= 0.3 is 5.97 Å². The lowest BCUT2D eigenvalue weighted by atomic mass is 10.1. The molecule has 0 saturated heterocycles. The molecule has 0 aliphatic heterocycles. The number of aryl methyl sites for hydroxylation is 1. The van der Waals surface area contributed by atoms with Crippen LogP contribution in [0.5, 0.6) is 0 Å². The number of hydrogen-bond acceptors (Lipinski definition) is 5. The highest BCUT2D eigenvalue weighted by molar-refractivity contribution is 7.91. The molecule has 2 aromatic carbocycles. The third-order valence-corrected chi connectivity index (χ3v) is 7.87. The fraction of sp³-hybridized carbons (Fsp3) is 0.120. The normalized spacial score (nSPS) is 12.2. The maximum atomic E-state index is 12.8. The largest absolute Gasteiger partial charge is 0.480 e. The summed E-state index contributed by atoms with van der Waals surface area (Å²) in [5, 5.41) is 10.5. The Bertz CT molecular complexity index is 1480. The summed E-state index contributed by atoms with van der Waals surface area (Å²) in [5.41, 5.74) is 3.36. The van der Waals surface area contributed by atoms with Gasteiger partial charge < -0.3 is 5.11 Å². The average molecular weight is 477 g/mol. The van der Waals surface area contributed by atoms with Gasteiger partial charge in [-0.2, -0.15) is 4.72 Å². The molecule has 8 heteroatoms. The van der Waals surface area contributed by atoms with E-state index < -0.39 is 22.0 Å². The molecule has 0 fully saturated rings. The van der Waals surface area contributed by atoms with Gasteiger partial charge in [0, 0.05) is 23.6 Å². The van der Waals surface area contributed by atoms with Crippen molar-refractivity contribution >= 4 is 38.2 Å². The van der Waals surface area contributed by atoms with Gasteiger partial charge in [0.05, 0.1) is 10.4 Å². The zero-order chi connectivity index (χ0) is 23.4. The Labute approximate surface area is 196 Å². The van der Waals surface area contributed by atoms with Crippen molar-refractivity contribution in [3.05, 3.63) is 94.5 Å². The van der Waals surface area contributed by atoms with Gasteiger partial charge in [0.2, 0.25) is 0 Å². The van der Waals surface area contributed by atoms with Gasteiger partial charge in [0.25, 0.3) is 10.0 Å². The number of sulfonamides is 1. The van der Waals surface area contributed by atoms with Gasteiger partial charge in [-0.1, -0.05) is 47.7 Å². The number of thiophene rings is 1. The summed E-state index contributed by atoms with van der Waals surface area (Å²) in [6, 6.07) is 18.7. The molecule has 166 valence electrons. The number of aliphatic carboxylic acids is 1. The standard InChI is InChI=1S/C25H20N2O4S2/c1-17-6-8-18(9-7-17)10-11-21-12-13-24(32-21)33(30,31)27-23(25(28)29)15-19-14-20-4-2-3-5-22(20)26-16-19/h2-9,12-14,16,23,27H,15H2,1H3,(H,28,29)/t23-/m1/s1. The first-order valence-corrected chi connectivity index (χ1v) is 12.4. The van der Waals surface area contributed by atoms with E-state index in [4.69, 9.17) is 0 Å². The van der Waals surface area contributed by atoms with Gasteiger partial charge in [-0.15, -0.1) is 11.3 Å². The van der Waals surface area contributed by atoms with E-state index in [1.165, 1.54) is 6.07 Å². The van der Waals surface area contributed by atoms with Crippen molar-refractivity contribution in [1.82, 2.24) is 9.71 Å². The molecular weight excluding hydrogens is 456 g/mol.